The zero-order valence-corrected chi connectivity index (χ0v) is 13.2. The summed E-state index contributed by atoms with van der Waals surface area (Å²) in [5, 5.41) is 5.83. The van der Waals surface area contributed by atoms with Crippen molar-refractivity contribution in [3.05, 3.63) is 46.2 Å². The van der Waals surface area contributed by atoms with Gasteiger partial charge in [0.2, 0.25) is 5.91 Å². The van der Waals surface area contributed by atoms with E-state index in [1.165, 1.54) is 0 Å². The Labute approximate surface area is 130 Å². The number of hydrogen-bond acceptors (Lipinski definition) is 4. The molecule has 3 rings (SSSR count). The number of pyridine rings is 1. The fourth-order valence-corrected chi connectivity index (χ4v) is 2.71. The normalized spacial score (nSPS) is 16.5. The van der Waals surface area contributed by atoms with E-state index in [4.69, 9.17) is 4.74 Å². The third kappa shape index (κ3) is 2.64. The molecule has 2 heterocycles. The summed E-state index contributed by atoms with van der Waals surface area (Å²) < 4.78 is 6.60. The minimum absolute atomic E-state index is 0.0615. The van der Waals surface area contributed by atoms with Crippen LogP contribution in [0, 0.1) is 6.92 Å². The van der Waals surface area contributed by atoms with Crippen molar-refractivity contribution in [3.8, 4) is 11.5 Å². The number of nitrogens with one attached hydrogen (secondary N) is 2. The van der Waals surface area contributed by atoms with E-state index in [0.717, 1.165) is 21.4 Å². The van der Waals surface area contributed by atoms with E-state index in [2.05, 4.69) is 31.5 Å². The summed E-state index contributed by atoms with van der Waals surface area (Å²) >= 11 is 3.49. The molecule has 2 N–H and O–H groups in total. The van der Waals surface area contributed by atoms with Crippen molar-refractivity contribution >= 4 is 27.5 Å². The number of amides is 1. The first-order valence-electron chi connectivity index (χ1n) is 6.50. The molecule has 1 aromatic heterocycles. The third-order valence-electron chi connectivity index (χ3n) is 3.34. The largest absolute Gasteiger partial charge is 0.454 e. The molecule has 1 atom stereocenters. The second-order valence-electron chi connectivity index (χ2n) is 4.82. The molecule has 1 aliphatic heterocycles. The summed E-state index contributed by atoms with van der Waals surface area (Å²) in [6.45, 7) is 1.92. The van der Waals surface area contributed by atoms with Gasteiger partial charge in [0.05, 0.1) is 10.7 Å². The third-order valence-corrected chi connectivity index (χ3v) is 3.96. The van der Waals surface area contributed by atoms with Gasteiger partial charge < -0.3 is 15.4 Å². The van der Waals surface area contributed by atoms with Crippen molar-refractivity contribution in [1.82, 2.24) is 10.3 Å². The van der Waals surface area contributed by atoms with Crippen molar-refractivity contribution in [2.45, 2.75) is 13.0 Å². The second kappa shape index (κ2) is 5.46. The highest BCUT2D eigenvalue weighted by molar-refractivity contribution is 9.10. The van der Waals surface area contributed by atoms with Crippen LogP contribution in [0.3, 0.4) is 0 Å². The Morgan fingerprint density at radius 2 is 2.19 bits per heavy atom. The number of likely N-dealkylation sites (N-methyl/N-ethyl adjacent to an activating group) is 1. The van der Waals surface area contributed by atoms with Gasteiger partial charge in [0, 0.05) is 23.0 Å². The molecule has 0 spiro atoms. The SMILES string of the molecule is CNC1C(=O)Nc2cc(Oc3ccc(C)nc3)c(Br)cc21. The fraction of sp³-hybridized carbons (Fsp3) is 0.200. The minimum Gasteiger partial charge on any atom is -0.454 e. The maximum atomic E-state index is 11.8. The number of fused-ring (bicyclic) bond motifs is 1. The number of benzene rings is 1. The fourth-order valence-electron chi connectivity index (χ4n) is 2.27. The first kappa shape index (κ1) is 14.0. The van der Waals surface area contributed by atoms with Crippen LogP contribution in [-0.4, -0.2) is 17.9 Å². The van der Waals surface area contributed by atoms with Crippen LogP contribution in [0.15, 0.2) is 34.9 Å². The van der Waals surface area contributed by atoms with Crippen LogP contribution >= 0.6 is 15.9 Å². The summed E-state index contributed by atoms with van der Waals surface area (Å²) in [5.41, 5.74) is 2.60. The minimum atomic E-state index is -0.327. The molecule has 0 saturated heterocycles. The molecule has 0 bridgehead atoms. The first-order valence-corrected chi connectivity index (χ1v) is 7.30. The van der Waals surface area contributed by atoms with Crippen LogP contribution in [0.25, 0.3) is 0 Å². The number of aryl methyl sites for hydroxylation is 1. The highest BCUT2D eigenvalue weighted by Gasteiger charge is 2.30. The number of hydrogen-bond donors (Lipinski definition) is 2. The van der Waals surface area contributed by atoms with Crippen molar-refractivity contribution in [2.24, 2.45) is 0 Å². The van der Waals surface area contributed by atoms with Crippen LogP contribution in [-0.2, 0) is 4.79 Å². The van der Waals surface area contributed by atoms with Crippen LogP contribution in [0.1, 0.15) is 17.3 Å². The zero-order valence-electron chi connectivity index (χ0n) is 11.6. The Hall–Kier alpha value is -1.92. The highest BCUT2D eigenvalue weighted by atomic mass is 79.9. The summed E-state index contributed by atoms with van der Waals surface area (Å²) in [7, 11) is 1.76. The van der Waals surface area contributed by atoms with Gasteiger partial charge in [-0.1, -0.05) is 0 Å². The Balaban J connectivity index is 1.93. The van der Waals surface area contributed by atoms with Crippen LogP contribution in [0.2, 0.25) is 0 Å². The number of ether oxygens (including phenoxy) is 1. The second-order valence-corrected chi connectivity index (χ2v) is 5.67. The summed E-state index contributed by atoms with van der Waals surface area (Å²) in [5.74, 6) is 1.22. The van der Waals surface area contributed by atoms with E-state index in [-0.39, 0.29) is 11.9 Å². The smallest absolute Gasteiger partial charge is 0.246 e. The molecule has 0 saturated carbocycles. The molecular weight excluding hydrogens is 334 g/mol. The number of rotatable bonds is 3. The van der Waals surface area contributed by atoms with Crippen molar-refractivity contribution < 1.29 is 9.53 Å². The molecule has 1 aliphatic rings. The molecule has 0 fully saturated rings. The van der Waals surface area contributed by atoms with Crippen LogP contribution in [0.4, 0.5) is 5.69 Å². The maximum absolute atomic E-state index is 11.8. The Bertz CT molecular complexity index is 701. The average molecular weight is 348 g/mol. The number of halogens is 1. The number of carbonyl (C=O) groups is 1. The molecule has 2 aromatic rings. The molecule has 0 radical (unpaired) electrons. The van der Waals surface area contributed by atoms with Crippen LogP contribution in [0.5, 0.6) is 11.5 Å². The average Bonchev–Trinajstić information content (AvgIpc) is 2.76. The Morgan fingerprint density at radius 3 is 2.86 bits per heavy atom. The molecule has 5 nitrogen and oxygen atoms in total. The topological polar surface area (TPSA) is 63.2 Å². The summed E-state index contributed by atoms with van der Waals surface area (Å²) in [6, 6.07) is 7.12. The highest BCUT2D eigenvalue weighted by Crippen LogP contribution is 2.40. The van der Waals surface area contributed by atoms with E-state index in [1.807, 2.05) is 31.2 Å². The zero-order chi connectivity index (χ0) is 15.0. The van der Waals surface area contributed by atoms with E-state index < -0.39 is 0 Å². The van der Waals surface area contributed by atoms with Gasteiger partial charge in [-0.15, -0.1) is 0 Å². The molecule has 1 amide bonds. The lowest BCUT2D eigenvalue weighted by Gasteiger charge is -2.11. The monoisotopic (exact) mass is 347 g/mol. The number of anilines is 1. The summed E-state index contributed by atoms with van der Waals surface area (Å²) in [4.78, 5) is 16.0. The molecule has 1 aromatic carbocycles. The molecule has 108 valence electrons. The lowest BCUT2D eigenvalue weighted by molar-refractivity contribution is -0.117. The number of aromatic nitrogens is 1. The quantitative estimate of drug-likeness (QED) is 0.895. The molecule has 21 heavy (non-hydrogen) atoms. The van der Waals surface area contributed by atoms with Gasteiger partial charge in [-0.3, -0.25) is 9.78 Å². The molecule has 0 aliphatic carbocycles. The van der Waals surface area contributed by atoms with Gasteiger partial charge in [0.15, 0.2) is 0 Å². The predicted octanol–water partition coefficient (Wildman–Crippen LogP) is 3.16. The lowest BCUT2D eigenvalue weighted by Crippen LogP contribution is -2.23. The maximum Gasteiger partial charge on any atom is 0.246 e. The van der Waals surface area contributed by atoms with E-state index >= 15 is 0 Å². The van der Waals surface area contributed by atoms with E-state index in [0.29, 0.717) is 11.5 Å². The van der Waals surface area contributed by atoms with Crippen molar-refractivity contribution in [3.63, 3.8) is 0 Å². The van der Waals surface area contributed by atoms with E-state index in [9.17, 15) is 4.79 Å². The van der Waals surface area contributed by atoms with Gasteiger partial charge in [-0.2, -0.15) is 0 Å². The van der Waals surface area contributed by atoms with Gasteiger partial charge >= 0.3 is 0 Å². The number of nitrogens with zero attached hydrogens (tertiary/aromatic N) is 1. The standard InChI is InChI=1S/C15H14BrN3O2/c1-8-3-4-9(7-18-8)21-13-6-12-10(5-11(13)16)14(17-2)15(20)19-12/h3-7,14,17H,1-2H3,(H,19,20). The molecular formula is C15H14BrN3O2. The molecule has 1 unspecified atom stereocenters. The van der Waals surface area contributed by atoms with Crippen molar-refractivity contribution in [1.29, 1.82) is 0 Å². The van der Waals surface area contributed by atoms with Gasteiger partial charge in [-0.05, 0) is 48.1 Å². The van der Waals surface area contributed by atoms with Gasteiger partial charge in [-0.25, -0.2) is 0 Å². The molecule has 6 heteroatoms. The van der Waals surface area contributed by atoms with E-state index in [1.54, 1.807) is 13.2 Å². The van der Waals surface area contributed by atoms with Crippen LogP contribution < -0.4 is 15.4 Å². The van der Waals surface area contributed by atoms with Crippen molar-refractivity contribution in [2.75, 3.05) is 12.4 Å². The van der Waals surface area contributed by atoms with Gasteiger partial charge in [0.25, 0.3) is 0 Å². The Morgan fingerprint density at radius 1 is 1.38 bits per heavy atom. The van der Waals surface area contributed by atoms with Gasteiger partial charge in [0.1, 0.15) is 17.5 Å². The first-order chi connectivity index (χ1) is 10.1. The predicted molar refractivity (Wildman–Crippen MR) is 83.6 cm³/mol. The number of carbonyl (C=O) groups excluding carboxylic acids is 1. The lowest BCUT2D eigenvalue weighted by atomic mass is 10.1. The Kier molecular flexibility index (Phi) is 3.65. The summed E-state index contributed by atoms with van der Waals surface area (Å²) in [6.07, 6.45) is 1.67.